The van der Waals surface area contributed by atoms with Gasteiger partial charge < -0.3 is 10.1 Å². The summed E-state index contributed by atoms with van der Waals surface area (Å²) in [4.78, 5) is 0. The Kier molecular flexibility index (Phi) is 6.73. The van der Waals surface area contributed by atoms with Crippen LogP contribution in [0.3, 0.4) is 0 Å². The van der Waals surface area contributed by atoms with Crippen LogP contribution >= 0.6 is 15.9 Å². The van der Waals surface area contributed by atoms with E-state index in [0.717, 1.165) is 22.4 Å². The van der Waals surface area contributed by atoms with Crippen LogP contribution in [0, 0.1) is 6.92 Å². The molecular weight excluding hydrogens is 308 g/mol. The third kappa shape index (κ3) is 4.62. The predicted octanol–water partition coefficient (Wildman–Crippen LogP) is 2.35. The first-order valence-electron chi connectivity index (χ1n) is 5.84. The Bertz CT molecular complexity index is 371. The molecule has 0 spiro atoms. The molecule has 0 aromatic carbocycles. The highest BCUT2D eigenvalue weighted by Gasteiger charge is 2.11. The summed E-state index contributed by atoms with van der Waals surface area (Å²) in [5.74, 6) is 0. The molecule has 104 valence electrons. The number of halogens is 3. The van der Waals surface area contributed by atoms with Gasteiger partial charge in [-0.2, -0.15) is 5.10 Å². The molecule has 0 saturated heterocycles. The number of alkyl halides is 2. The Hall–Kier alpha value is -0.530. The molecule has 0 fully saturated rings. The lowest BCUT2D eigenvalue weighted by Crippen LogP contribution is -2.22. The molecule has 4 nitrogen and oxygen atoms in total. The van der Waals surface area contributed by atoms with Crippen molar-refractivity contribution in [1.82, 2.24) is 15.1 Å². The number of aromatic nitrogens is 2. The summed E-state index contributed by atoms with van der Waals surface area (Å²) >= 11 is 3.49. The molecule has 1 rings (SSSR count). The van der Waals surface area contributed by atoms with Crippen molar-refractivity contribution in [2.24, 2.45) is 0 Å². The summed E-state index contributed by atoms with van der Waals surface area (Å²) < 4.78 is 31.3. The van der Waals surface area contributed by atoms with Crippen LogP contribution in [0.2, 0.25) is 0 Å². The lowest BCUT2D eigenvalue weighted by Gasteiger charge is -2.08. The molecule has 0 aliphatic heterocycles. The monoisotopic (exact) mass is 325 g/mol. The van der Waals surface area contributed by atoms with E-state index in [2.05, 4.69) is 26.3 Å². The minimum atomic E-state index is -2.40. The van der Waals surface area contributed by atoms with E-state index in [1.807, 2.05) is 18.5 Å². The zero-order chi connectivity index (χ0) is 13.5. The van der Waals surface area contributed by atoms with E-state index >= 15 is 0 Å². The zero-order valence-corrected chi connectivity index (χ0v) is 12.1. The number of ether oxygens (including phenoxy) is 1. The molecule has 0 aliphatic carbocycles. The molecule has 1 N–H and O–H groups in total. The topological polar surface area (TPSA) is 39.1 Å². The summed E-state index contributed by atoms with van der Waals surface area (Å²) in [7, 11) is 0. The van der Waals surface area contributed by atoms with E-state index in [4.69, 9.17) is 4.74 Å². The Morgan fingerprint density at radius 1 is 1.50 bits per heavy atom. The fourth-order valence-corrected chi connectivity index (χ4v) is 1.99. The summed E-state index contributed by atoms with van der Waals surface area (Å²) in [5, 5.41) is 7.51. The lowest BCUT2D eigenvalue weighted by atomic mass is 10.3. The van der Waals surface area contributed by atoms with Gasteiger partial charge in [0, 0.05) is 19.6 Å². The van der Waals surface area contributed by atoms with E-state index in [-0.39, 0.29) is 6.61 Å². The van der Waals surface area contributed by atoms with Crippen molar-refractivity contribution in [3.63, 3.8) is 0 Å². The van der Waals surface area contributed by atoms with Gasteiger partial charge in [-0.25, -0.2) is 8.78 Å². The van der Waals surface area contributed by atoms with Gasteiger partial charge in [-0.3, -0.25) is 4.68 Å². The third-order valence-corrected chi connectivity index (χ3v) is 3.44. The van der Waals surface area contributed by atoms with Gasteiger partial charge in [-0.05, 0) is 29.8 Å². The first-order valence-corrected chi connectivity index (χ1v) is 6.64. The second kappa shape index (κ2) is 7.81. The Morgan fingerprint density at radius 2 is 2.22 bits per heavy atom. The fraction of sp³-hybridized carbons (Fsp3) is 0.727. The summed E-state index contributed by atoms with van der Waals surface area (Å²) in [6.07, 6.45) is -2.40. The van der Waals surface area contributed by atoms with Crippen molar-refractivity contribution in [2.45, 2.75) is 33.4 Å². The number of hydrogen-bond donors (Lipinski definition) is 1. The Labute approximate surface area is 114 Å². The van der Waals surface area contributed by atoms with Gasteiger partial charge in [0.25, 0.3) is 6.43 Å². The number of hydrogen-bond acceptors (Lipinski definition) is 3. The Morgan fingerprint density at radius 3 is 2.83 bits per heavy atom. The molecule has 0 amide bonds. The first-order chi connectivity index (χ1) is 8.56. The highest BCUT2D eigenvalue weighted by atomic mass is 79.9. The van der Waals surface area contributed by atoms with Crippen molar-refractivity contribution in [1.29, 1.82) is 0 Å². The van der Waals surface area contributed by atoms with Crippen LogP contribution in [0.5, 0.6) is 0 Å². The van der Waals surface area contributed by atoms with Crippen LogP contribution in [0.15, 0.2) is 4.47 Å². The quantitative estimate of drug-likeness (QED) is 0.746. The van der Waals surface area contributed by atoms with E-state index < -0.39 is 13.0 Å². The largest absolute Gasteiger partial charge is 0.374 e. The third-order valence-electron chi connectivity index (χ3n) is 2.41. The van der Waals surface area contributed by atoms with Crippen LogP contribution in [0.4, 0.5) is 8.78 Å². The SMILES string of the molecule is CCn1nc(C)c(Br)c1CNCCOCC(F)F. The van der Waals surface area contributed by atoms with E-state index in [9.17, 15) is 8.78 Å². The average Bonchev–Trinajstić information content (AvgIpc) is 2.60. The molecule has 0 saturated carbocycles. The van der Waals surface area contributed by atoms with Crippen LogP contribution in [-0.2, 0) is 17.8 Å². The van der Waals surface area contributed by atoms with E-state index in [0.29, 0.717) is 13.1 Å². The number of nitrogens with one attached hydrogen (secondary N) is 1. The smallest absolute Gasteiger partial charge is 0.261 e. The predicted molar refractivity (Wildman–Crippen MR) is 68.9 cm³/mol. The summed E-state index contributed by atoms with van der Waals surface area (Å²) in [6.45, 7) is 5.70. The lowest BCUT2D eigenvalue weighted by molar-refractivity contribution is 0.0187. The maximum Gasteiger partial charge on any atom is 0.261 e. The summed E-state index contributed by atoms with van der Waals surface area (Å²) in [6, 6.07) is 0. The van der Waals surface area contributed by atoms with Crippen molar-refractivity contribution >= 4 is 15.9 Å². The molecule has 0 aliphatic rings. The van der Waals surface area contributed by atoms with Crippen molar-refractivity contribution in [3.8, 4) is 0 Å². The Balaban J connectivity index is 2.31. The van der Waals surface area contributed by atoms with Gasteiger partial charge in [-0.15, -0.1) is 0 Å². The molecule has 18 heavy (non-hydrogen) atoms. The molecule has 7 heteroatoms. The zero-order valence-electron chi connectivity index (χ0n) is 10.5. The standard InChI is InChI=1S/C11H18BrF2N3O/c1-3-17-9(11(12)8(2)16-17)6-15-4-5-18-7-10(13)14/h10,15H,3-7H2,1-2H3. The van der Waals surface area contributed by atoms with Gasteiger partial charge >= 0.3 is 0 Å². The number of aryl methyl sites for hydroxylation is 2. The van der Waals surface area contributed by atoms with Gasteiger partial charge in [-0.1, -0.05) is 0 Å². The number of rotatable bonds is 8. The second-order valence-corrected chi connectivity index (χ2v) is 4.60. The molecule has 0 bridgehead atoms. The fourth-order valence-electron chi connectivity index (χ4n) is 1.56. The molecular formula is C11H18BrF2N3O. The maximum absolute atomic E-state index is 11.8. The van der Waals surface area contributed by atoms with Crippen molar-refractivity contribution in [3.05, 3.63) is 15.9 Å². The van der Waals surface area contributed by atoms with Crippen LogP contribution in [0.1, 0.15) is 18.3 Å². The van der Waals surface area contributed by atoms with Crippen molar-refractivity contribution in [2.75, 3.05) is 19.8 Å². The molecule has 1 aromatic heterocycles. The van der Waals surface area contributed by atoms with Crippen molar-refractivity contribution < 1.29 is 13.5 Å². The minimum absolute atomic E-state index is 0.279. The first kappa shape index (κ1) is 15.5. The highest BCUT2D eigenvalue weighted by Crippen LogP contribution is 2.20. The maximum atomic E-state index is 11.8. The van der Waals surface area contributed by atoms with E-state index in [1.54, 1.807) is 0 Å². The van der Waals surface area contributed by atoms with Crippen LogP contribution in [0.25, 0.3) is 0 Å². The molecule has 0 radical (unpaired) electrons. The number of nitrogens with zero attached hydrogens (tertiary/aromatic N) is 2. The minimum Gasteiger partial charge on any atom is -0.374 e. The molecule has 1 heterocycles. The molecule has 1 aromatic rings. The van der Waals surface area contributed by atoms with Gasteiger partial charge in [0.2, 0.25) is 0 Å². The highest BCUT2D eigenvalue weighted by molar-refractivity contribution is 9.10. The normalized spacial score (nSPS) is 11.4. The molecule has 0 unspecified atom stereocenters. The average molecular weight is 326 g/mol. The van der Waals surface area contributed by atoms with Gasteiger partial charge in [0.1, 0.15) is 6.61 Å². The summed E-state index contributed by atoms with van der Waals surface area (Å²) in [5.41, 5.74) is 2.01. The van der Waals surface area contributed by atoms with Crippen LogP contribution in [-0.4, -0.2) is 36.0 Å². The second-order valence-electron chi connectivity index (χ2n) is 3.80. The van der Waals surface area contributed by atoms with Gasteiger partial charge in [0.15, 0.2) is 0 Å². The molecule has 0 atom stereocenters. The van der Waals surface area contributed by atoms with E-state index in [1.165, 1.54) is 0 Å². The van der Waals surface area contributed by atoms with Gasteiger partial charge in [0.05, 0.1) is 22.5 Å². The van der Waals surface area contributed by atoms with Crippen LogP contribution < -0.4 is 5.32 Å².